The molecule has 1 aliphatic heterocycles. The van der Waals surface area contributed by atoms with Crippen LogP contribution < -0.4 is 16.0 Å². The highest BCUT2D eigenvalue weighted by molar-refractivity contribution is 5.82. The summed E-state index contributed by atoms with van der Waals surface area (Å²) in [4.78, 5) is 23.6. The van der Waals surface area contributed by atoms with E-state index in [-0.39, 0.29) is 17.7 Å². The molecule has 3 fully saturated rings. The van der Waals surface area contributed by atoms with E-state index in [0.29, 0.717) is 24.4 Å². The van der Waals surface area contributed by atoms with Crippen LogP contribution in [0.15, 0.2) is 0 Å². The predicted octanol–water partition coefficient (Wildman–Crippen LogP) is 0.551. The molecule has 0 aromatic carbocycles. The number of rotatable bonds is 6. The second-order valence-electron chi connectivity index (χ2n) is 6.61. The highest BCUT2D eigenvalue weighted by Crippen LogP contribution is 2.58. The third kappa shape index (κ3) is 3.32. The van der Waals surface area contributed by atoms with Gasteiger partial charge in [0.25, 0.3) is 0 Å². The third-order valence-corrected chi connectivity index (χ3v) is 4.93. The molecule has 2 saturated carbocycles. The Morgan fingerprint density at radius 2 is 1.95 bits per heavy atom. The third-order valence-electron chi connectivity index (χ3n) is 4.93. The minimum Gasteiger partial charge on any atom is -0.356 e. The van der Waals surface area contributed by atoms with Crippen molar-refractivity contribution in [2.45, 2.75) is 51.0 Å². The van der Waals surface area contributed by atoms with Gasteiger partial charge in [-0.2, -0.15) is 0 Å². The van der Waals surface area contributed by atoms with Crippen LogP contribution in [0.25, 0.3) is 0 Å². The van der Waals surface area contributed by atoms with Crippen molar-refractivity contribution in [2.75, 3.05) is 19.6 Å². The van der Waals surface area contributed by atoms with Crippen LogP contribution in [-0.4, -0.2) is 37.5 Å². The van der Waals surface area contributed by atoms with E-state index in [9.17, 15) is 9.59 Å². The summed E-state index contributed by atoms with van der Waals surface area (Å²) in [7, 11) is 0. The molecule has 3 rings (SSSR count). The van der Waals surface area contributed by atoms with Gasteiger partial charge in [0.2, 0.25) is 11.8 Å². The maximum absolute atomic E-state index is 12.1. The van der Waals surface area contributed by atoms with Crippen molar-refractivity contribution in [2.24, 2.45) is 11.3 Å². The topological polar surface area (TPSA) is 70.2 Å². The van der Waals surface area contributed by atoms with Crippen LogP contribution >= 0.6 is 0 Å². The second-order valence-corrected chi connectivity index (χ2v) is 6.61. The van der Waals surface area contributed by atoms with E-state index in [0.717, 1.165) is 51.6 Å². The van der Waals surface area contributed by atoms with Crippen LogP contribution in [0.1, 0.15) is 44.9 Å². The van der Waals surface area contributed by atoms with E-state index < -0.39 is 0 Å². The van der Waals surface area contributed by atoms with E-state index in [1.807, 2.05) is 0 Å². The lowest BCUT2D eigenvalue weighted by atomic mass is 9.92. The zero-order chi connectivity index (χ0) is 14.0. The molecule has 1 spiro atoms. The zero-order valence-electron chi connectivity index (χ0n) is 12.0. The number of nitrogens with one attached hydrogen (secondary N) is 3. The number of hydrogen-bond acceptors (Lipinski definition) is 3. The summed E-state index contributed by atoms with van der Waals surface area (Å²) in [6, 6.07) is 0.434. The quantitative estimate of drug-likeness (QED) is 0.622. The molecule has 0 radical (unpaired) electrons. The summed E-state index contributed by atoms with van der Waals surface area (Å²) >= 11 is 0. The fraction of sp³-hybridized carbons (Fsp3) is 0.867. The Bertz CT molecular complexity index is 387. The van der Waals surface area contributed by atoms with Gasteiger partial charge in [-0.1, -0.05) is 0 Å². The summed E-state index contributed by atoms with van der Waals surface area (Å²) < 4.78 is 0. The summed E-state index contributed by atoms with van der Waals surface area (Å²) in [6.07, 6.45) is 6.84. The zero-order valence-corrected chi connectivity index (χ0v) is 12.0. The van der Waals surface area contributed by atoms with Crippen LogP contribution in [0.2, 0.25) is 0 Å². The van der Waals surface area contributed by atoms with Gasteiger partial charge in [-0.05, 0) is 57.0 Å². The Kier molecular flexibility index (Phi) is 3.96. The van der Waals surface area contributed by atoms with Crippen molar-refractivity contribution < 1.29 is 9.59 Å². The first kappa shape index (κ1) is 13.9. The summed E-state index contributed by atoms with van der Waals surface area (Å²) in [5.41, 5.74) is 0.304. The summed E-state index contributed by atoms with van der Waals surface area (Å²) in [5.74, 6) is 0.558. The maximum atomic E-state index is 12.1. The Morgan fingerprint density at radius 1 is 1.20 bits per heavy atom. The first-order valence-electron chi connectivity index (χ1n) is 7.97. The standard InChI is InChI=1S/C15H25N3O2/c19-13(18-11-3-4-11)2-1-7-17-14(20)12-10-15(12)5-8-16-9-6-15/h11-12,16H,1-10H2,(H,17,20)(H,18,19). The molecule has 2 aliphatic carbocycles. The van der Waals surface area contributed by atoms with Crippen LogP contribution in [0.4, 0.5) is 0 Å². The van der Waals surface area contributed by atoms with Crippen molar-refractivity contribution in [3.8, 4) is 0 Å². The minimum atomic E-state index is 0.128. The Morgan fingerprint density at radius 3 is 2.65 bits per heavy atom. The van der Waals surface area contributed by atoms with E-state index in [2.05, 4.69) is 16.0 Å². The molecule has 1 unspecified atom stereocenters. The molecule has 5 nitrogen and oxygen atoms in total. The molecule has 3 N–H and O–H groups in total. The number of amides is 2. The maximum Gasteiger partial charge on any atom is 0.223 e. The normalized spacial score (nSPS) is 27.1. The Balaban J connectivity index is 1.29. The molecule has 0 aromatic heterocycles. The van der Waals surface area contributed by atoms with Gasteiger partial charge in [0.1, 0.15) is 0 Å². The highest BCUT2D eigenvalue weighted by Gasteiger charge is 2.57. The first-order chi connectivity index (χ1) is 9.70. The molecule has 0 aromatic rings. The smallest absolute Gasteiger partial charge is 0.223 e. The lowest BCUT2D eigenvalue weighted by molar-refractivity contribution is -0.124. The Hall–Kier alpha value is -1.10. The lowest BCUT2D eigenvalue weighted by Crippen LogP contribution is -2.34. The van der Waals surface area contributed by atoms with E-state index >= 15 is 0 Å². The van der Waals surface area contributed by atoms with Gasteiger partial charge in [0.15, 0.2) is 0 Å². The molecule has 1 saturated heterocycles. The molecule has 0 bridgehead atoms. The Labute approximate surface area is 120 Å². The van der Waals surface area contributed by atoms with Crippen LogP contribution in [0.3, 0.4) is 0 Å². The molecule has 20 heavy (non-hydrogen) atoms. The van der Waals surface area contributed by atoms with Crippen LogP contribution in [0, 0.1) is 11.3 Å². The van der Waals surface area contributed by atoms with Crippen molar-refractivity contribution in [3.05, 3.63) is 0 Å². The number of piperidine rings is 1. The number of hydrogen-bond donors (Lipinski definition) is 3. The van der Waals surface area contributed by atoms with Crippen LogP contribution in [-0.2, 0) is 9.59 Å². The van der Waals surface area contributed by atoms with E-state index in [1.54, 1.807) is 0 Å². The van der Waals surface area contributed by atoms with Crippen molar-refractivity contribution in [1.29, 1.82) is 0 Å². The SMILES string of the molecule is O=C(CCCNC(=O)C1CC12CCNCC2)NC1CC1. The van der Waals surface area contributed by atoms with Gasteiger partial charge < -0.3 is 16.0 Å². The van der Waals surface area contributed by atoms with Crippen molar-refractivity contribution >= 4 is 11.8 Å². The van der Waals surface area contributed by atoms with Crippen molar-refractivity contribution in [1.82, 2.24) is 16.0 Å². The molecule has 112 valence electrons. The molecule has 2 amide bonds. The number of carbonyl (C=O) groups excluding carboxylic acids is 2. The monoisotopic (exact) mass is 279 g/mol. The van der Waals surface area contributed by atoms with Gasteiger partial charge in [-0.3, -0.25) is 9.59 Å². The second kappa shape index (κ2) is 5.72. The highest BCUT2D eigenvalue weighted by atomic mass is 16.2. The van der Waals surface area contributed by atoms with E-state index in [1.165, 1.54) is 0 Å². The molecule has 3 aliphatic rings. The lowest BCUT2D eigenvalue weighted by Gasteiger charge is -2.23. The molecular formula is C15H25N3O2. The largest absolute Gasteiger partial charge is 0.356 e. The molecule has 1 heterocycles. The average molecular weight is 279 g/mol. The first-order valence-corrected chi connectivity index (χ1v) is 7.97. The van der Waals surface area contributed by atoms with Crippen molar-refractivity contribution in [3.63, 3.8) is 0 Å². The molecule has 5 heteroatoms. The fourth-order valence-electron chi connectivity index (χ4n) is 3.31. The molecule has 1 atom stereocenters. The average Bonchev–Trinajstić information content (AvgIpc) is 3.35. The van der Waals surface area contributed by atoms with Gasteiger partial charge in [-0.25, -0.2) is 0 Å². The van der Waals surface area contributed by atoms with Gasteiger partial charge >= 0.3 is 0 Å². The minimum absolute atomic E-state index is 0.128. The van der Waals surface area contributed by atoms with Gasteiger partial charge in [0, 0.05) is 24.9 Å². The summed E-state index contributed by atoms with van der Waals surface area (Å²) in [6.45, 7) is 2.72. The number of carbonyl (C=O) groups is 2. The summed E-state index contributed by atoms with van der Waals surface area (Å²) in [5, 5.41) is 9.32. The van der Waals surface area contributed by atoms with Gasteiger partial charge in [0.05, 0.1) is 0 Å². The molecular weight excluding hydrogens is 254 g/mol. The van der Waals surface area contributed by atoms with E-state index in [4.69, 9.17) is 0 Å². The predicted molar refractivity (Wildman–Crippen MR) is 76.1 cm³/mol. The fourth-order valence-corrected chi connectivity index (χ4v) is 3.31. The van der Waals surface area contributed by atoms with Crippen LogP contribution in [0.5, 0.6) is 0 Å². The van der Waals surface area contributed by atoms with Gasteiger partial charge in [-0.15, -0.1) is 0 Å².